The topological polar surface area (TPSA) is 45.2 Å². The number of carbonyl (C=O) groups excluding carboxylic acids is 1. The van der Waals surface area contributed by atoms with Gasteiger partial charge in [0.2, 0.25) is 0 Å². The summed E-state index contributed by atoms with van der Waals surface area (Å²) in [6, 6.07) is 10.4. The lowest BCUT2D eigenvalue weighted by Crippen LogP contribution is -2.28. The van der Waals surface area contributed by atoms with Crippen LogP contribution in [0.25, 0.3) is 0 Å². The summed E-state index contributed by atoms with van der Waals surface area (Å²) in [5.74, 6) is -0.181. The molecule has 1 aromatic carbocycles. The number of likely N-dealkylation sites (tertiary alicyclic amines) is 1. The van der Waals surface area contributed by atoms with Crippen molar-refractivity contribution >= 4 is 11.6 Å². The summed E-state index contributed by atoms with van der Waals surface area (Å²) in [5.41, 5.74) is 2.00. The smallest absolute Gasteiger partial charge is 0.272 e. The standard InChI is InChI=1S/C18H20FN3O/c19-16-6-2-1-5-14(16)9-10-20-15-7-8-17(21-13-15)18(23)22-11-3-4-12-22/h1-2,5-8,13,20H,3-4,9-12H2. The second-order valence-corrected chi connectivity index (χ2v) is 5.70. The van der Waals surface area contributed by atoms with Crippen molar-refractivity contribution in [2.75, 3.05) is 25.0 Å². The molecule has 1 amide bonds. The number of halogens is 1. The summed E-state index contributed by atoms with van der Waals surface area (Å²) in [4.78, 5) is 18.3. The maximum absolute atomic E-state index is 13.5. The highest BCUT2D eigenvalue weighted by molar-refractivity contribution is 5.92. The third-order valence-electron chi connectivity index (χ3n) is 4.06. The van der Waals surface area contributed by atoms with E-state index in [1.807, 2.05) is 17.0 Å². The minimum Gasteiger partial charge on any atom is -0.383 e. The van der Waals surface area contributed by atoms with Crippen molar-refractivity contribution in [3.8, 4) is 0 Å². The summed E-state index contributed by atoms with van der Waals surface area (Å²) in [6.07, 6.45) is 4.40. The molecule has 0 aliphatic carbocycles. The summed E-state index contributed by atoms with van der Waals surface area (Å²) >= 11 is 0. The molecule has 1 saturated heterocycles. The Morgan fingerprint density at radius 2 is 1.96 bits per heavy atom. The van der Waals surface area contributed by atoms with E-state index < -0.39 is 0 Å². The Balaban J connectivity index is 1.53. The van der Waals surface area contributed by atoms with E-state index in [1.54, 1.807) is 24.4 Å². The average molecular weight is 313 g/mol. The Hall–Kier alpha value is -2.43. The van der Waals surface area contributed by atoms with Gasteiger partial charge in [-0.05, 0) is 43.0 Å². The van der Waals surface area contributed by atoms with E-state index in [-0.39, 0.29) is 11.7 Å². The summed E-state index contributed by atoms with van der Waals surface area (Å²) in [6.45, 7) is 2.26. The molecule has 0 radical (unpaired) electrons. The van der Waals surface area contributed by atoms with Crippen LogP contribution < -0.4 is 5.32 Å². The molecule has 3 rings (SSSR count). The van der Waals surface area contributed by atoms with Crippen molar-refractivity contribution in [3.05, 3.63) is 59.7 Å². The van der Waals surface area contributed by atoms with Crippen molar-refractivity contribution in [2.24, 2.45) is 0 Å². The van der Waals surface area contributed by atoms with Crippen LogP contribution in [-0.2, 0) is 6.42 Å². The number of anilines is 1. The maximum atomic E-state index is 13.5. The number of aromatic nitrogens is 1. The molecule has 2 heterocycles. The second kappa shape index (κ2) is 7.22. The highest BCUT2D eigenvalue weighted by atomic mass is 19.1. The van der Waals surface area contributed by atoms with Crippen molar-refractivity contribution in [1.29, 1.82) is 0 Å². The van der Waals surface area contributed by atoms with Crippen molar-refractivity contribution < 1.29 is 9.18 Å². The Labute approximate surface area is 135 Å². The molecule has 0 atom stereocenters. The van der Waals surface area contributed by atoms with E-state index in [2.05, 4.69) is 10.3 Å². The number of amides is 1. The fourth-order valence-corrected chi connectivity index (χ4v) is 2.75. The Kier molecular flexibility index (Phi) is 4.86. The Morgan fingerprint density at radius 3 is 2.65 bits per heavy atom. The van der Waals surface area contributed by atoms with Crippen LogP contribution in [0.15, 0.2) is 42.6 Å². The number of hydrogen-bond acceptors (Lipinski definition) is 3. The summed E-state index contributed by atoms with van der Waals surface area (Å²) in [5, 5.41) is 3.20. The predicted molar refractivity (Wildman–Crippen MR) is 88.0 cm³/mol. The van der Waals surface area contributed by atoms with Crippen molar-refractivity contribution in [3.63, 3.8) is 0 Å². The van der Waals surface area contributed by atoms with Gasteiger partial charge in [0, 0.05) is 19.6 Å². The number of nitrogens with one attached hydrogen (secondary N) is 1. The first-order valence-corrected chi connectivity index (χ1v) is 7.96. The van der Waals surface area contributed by atoms with E-state index in [0.29, 0.717) is 24.2 Å². The average Bonchev–Trinajstić information content (AvgIpc) is 3.11. The number of rotatable bonds is 5. The third-order valence-corrected chi connectivity index (χ3v) is 4.06. The Bertz CT molecular complexity index is 666. The zero-order chi connectivity index (χ0) is 16.1. The number of nitrogens with zero attached hydrogens (tertiary/aromatic N) is 2. The van der Waals surface area contributed by atoms with Crippen LogP contribution in [0.3, 0.4) is 0 Å². The van der Waals surface area contributed by atoms with Crippen LogP contribution in [0.2, 0.25) is 0 Å². The van der Waals surface area contributed by atoms with Crippen molar-refractivity contribution in [2.45, 2.75) is 19.3 Å². The fraction of sp³-hybridized carbons (Fsp3) is 0.333. The van der Waals surface area contributed by atoms with Crippen LogP contribution in [0.1, 0.15) is 28.9 Å². The van der Waals surface area contributed by atoms with Crippen LogP contribution in [0.5, 0.6) is 0 Å². The van der Waals surface area contributed by atoms with Gasteiger partial charge in [-0.3, -0.25) is 4.79 Å². The SMILES string of the molecule is O=C(c1ccc(NCCc2ccccc2F)cn1)N1CCCC1. The van der Waals surface area contributed by atoms with Gasteiger partial charge in [0.25, 0.3) is 5.91 Å². The minimum atomic E-state index is -0.181. The number of pyridine rings is 1. The normalized spacial score (nSPS) is 14.0. The van der Waals surface area contributed by atoms with Crippen LogP contribution >= 0.6 is 0 Å². The second-order valence-electron chi connectivity index (χ2n) is 5.70. The molecule has 23 heavy (non-hydrogen) atoms. The van der Waals surface area contributed by atoms with Gasteiger partial charge >= 0.3 is 0 Å². The molecular weight excluding hydrogens is 293 g/mol. The molecule has 120 valence electrons. The molecule has 1 aromatic heterocycles. The summed E-state index contributed by atoms with van der Waals surface area (Å²) in [7, 11) is 0. The molecular formula is C18H20FN3O. The van der Waals surface area contributed by atoms with Gasteiger partial charge in [-0.15, -0.1) is 0 Å². The number of hydrogen-bond donors (Lipinski definition) is 1. The first kappa shape index (κ1) is 15.5. The van der Waals surface area contributed by atoms with Crippen LogP contribution in [0, 0.1) is 5.82 Å². The van der Waals surface area contributed by atoms with Gasteiger partial charge in [0.1, 0.15) is 11.5 Å². The monoisotopic (exact) mass is 313 g/mol. The highest BCUT2D eigenvalue weighted by Crippen LogP contribution is 2.13. The number of benzene rings is 1. The van der Waals surface area contributed by atoms with Gasteiger partial charge in [-0.25, -0.2) is 9.37 Å². The molecule has 4 nitrogen and oxygen atoms in total. The van der Waals surface area contributed by atoms with E-state index in [9.17, 15) is 9.18 Å². The van der Waals surface area contributed by atoms with Gasteiger partial charge in [0.05, 0.1) is 11.9 Å². The Morgan fingerprint density at radius 1 is 1.17 bits per heavy atom. The number of carbonyl (C=O) groups is 1. The predicted octanol–water partition coefficient (Wildman–Crippen LogP) is 3.11. The molecule has 1 aliphatic rings. The quantitative estimate of drug-likeness (QED) is 0.922. The van der Waals surface area contributed by atoms with E-state index in [4.69, 9.17) is 0 Å². The van der Waals surface area contributed by atoms with Crippen LogP contribution in [-0.4, -0.2) is 35.4 Å². The third kappa shape index (κ3) is 3.86. The van der Waals surface area contributed by atoms with E-state index in [0.717, 1.165) is 31.6 Å². The lowest BCUT2D eigenvalue weighted by atomic mass is 10.1. The zero-order valence-corrected chi connectivity index (χ0v) is 13.0. The fourth-order valence-electron chi connectivity index (χ4n) is 2.75. The molecule has 1 N–H and O–H groups in total. The van der Waals surface area contributed by atoms with E-state index >= 15 is 0 Å². The molecule has 0 unspecified atom stereocenters. The van der Waals surface area contributed by atoms with Gasteiger partial charge < -0.3 is 10.2 Å². The maximum Gasteiger partial charge on any atom is 0.272 e. The molecule has 0 saturated carbocycles. The molecule has 0 spiro atoms. The van der Waals surface area contributed by atoms with Gasteiger partial charge in [0.15, 0.2) is 0 Å². The molecule has 0 bridgehead atoms. The van der Waals surface area contributed by atoms with Crippen molar-refractivity contribution in [1.82, 2.24) is 9.88 Å². The lowest BCUT2D eigenvalue weighted by molar-refractivity contribution is 0.0787. The van der Waals surface area contributed by atoms with E-state index in [1.165, 1.54) is 6.07 Å². The molecule has 1 aliphatic heterocycles. The zero-order valence-electron chi connectivity index (χ0n) is 13.0. The lowest BCUT2D eigenvalue weighted by Gasteiger charge is -2.14. The first-order chi connectivity index (χ1) is 11.2. The first-order valence-electron chi connectivity index (χ1n) is 7.96. The largest absolute Gasteiger partial charge is 0.383 e. The molecule has 5 heteroatoms. The highest BCUT2D eigenvalue weighted by Gasteiger charge is 2.20. The molecule has 2 aromatic rings. The molecule has 1 fully saturated rings. The summed E-state index contributed by atoms with van der Waals surface area (Å²) < 4.78 is 13.5. The van der Waals surface area contributed by atoms with Crippen LogP contribution in [0.4, 0.5) is 10.1 Å². The minimum absolute atomic E-state index is 0.000377. The van der Waals surface area contributed by atoms with Gasteiger partial charge in [-0.2, -0.15) is 0 Å². The van der Waals surface area contributed by atoms with Gasteiger partial charge in [-0.1, -0.05) is 18.2 Å².